The van der Waals surface area contributed by atoms with E-state index in [0.29, 0.717) is 78.6 Å². The van der Waals surface area contributed by atoms with Gasteiger partial charge in [-0.15, -0.1) is 11.3 Å². The highest BCUT2D eigenvalue weighted by molar-refractivity contribution is 7.22. The van der Waals surface area contributed by atoms with Gasteiger partial charge in [0.1, 0.15) is 29.3 Å². The molecule has 5 heterocycles. The Labute approximate surface area is 505 Å². The number of β-amino-alcohol motifs (C(OH)–C–C–N with tert-alkyl or cyclic N) is 1. The van der Waals surface area contributed by atoms with E-state index in [1.807, 2.05) is 79.7 Å². The second-order valence-corrected chi connectivity index (χ2v) is 26.5. The molecule has 0 spiro atoms. The number of para-hydroxylation sites is 1. The normalized spacial score (nSPS) is 18.9. The van der Waals surface area contributed by atoms with Gasteiger partial charge in [0.05, 0.1) is 38.5 Å². The summed E-state index contributed by atoms with van der Waals surface area (Å²) in [6, 6.07) is 23.6. The van der Waals surface area contributed by atoms with Crippen molar-refractivity contribution in [3.8, 4) is 27.3 Å². The average Bonchev–Trinajstić information content (AvgIpc) is 1.99. The van der Waals surface area contributed by atoms with Gasteiger partial charge in [-0.1, -0.05) is 92.8 Å². The number of rotatable bonds is 15. The Morgan fingerprint density at radius 2 is 1.56 bits per heavy atom. The van der Waals surface area contributed by atoms with E-state index in [4.69, 9.17) is 14.5 Å². The number of benzene rings is 4. The number of anilines is 2. The summed E-state index contributed by atoms with van der Waals surface area (Å²) in [7, 11) is 0. The summed E-state index contributed by atoms with van der Waals surface area (Å²) in [5, 5.41) is 19.3. The summed E-state index contributed by atoms with van der Waals surface area (Å²) < 4.78 is 57.6. The number of hydrogen-bond acceptors (Lipinski definition) is 14. The largest absolute Gasteiger partial charge is 0.490 e. The molecule has 86 heavy (non-hydrogen) atoms. The summed E-state index contributed by atoms with van der Waals surface area (Å²) in [6.45, 7) is 15.1. The molecular formula is C65H71F3N8O8S2. The smallest absolute Gasteiger partial charge is 0.412 e. The Balaban J connectivity index is 0.777. The van der Waals surface area contributed by atoms with Gasteiger partial charge in [-0.3, -0.25) is 24.5 Å². The number of aryl methyl sites for hydroxylation is 1. The van der Waals surface area contributed by atoms with Crippen molar-refractivity contribution in [1.29, 1.82) is 0 Å². The molecule has 452 valence electrons. The number of nitrogens with one attached hydrogen (secondary N) is 3. The quantitative estimate of drug-likeness (QED) is 0.0708. The molecule has 10 rings (SSSR count). The van der Waals surface area contributed by atoms with E-state index in [-0.39, 0.29) is 54.5 Å². The number of carbonyl (C=O) groups excluding carboxylic acids is 5. The van der Waals surface area contributed by atoms with Gasteiger partial charge in [0.15, 0.2) is 16.9 Å². The molecule has 2 fully saturated rings. The van der Waals surface area contributed by atoms with Crippen molar-refractivity contribution in [3.05, 3.63) is 142 Å². The molecule has 4 amide bonds. The van der Waals surface area contributed by atoms with Crippen LogP contribution in [0.4, 0.5) is 24.1 Å². The van der Waals surface area contributed by atoms with Crippen LogP contribution in [0.5, 0.6) is 5.75 Å². The van der Waals surface area contributed by atoms with Crippen LogP contribution in [0, 0.1) is 25.2 Å². The van der Waals surface area contributed by atoms with Gasteiger partial charge in [0.25, 0.3) is 5.91 Å². The molecular weight excluding hydrogens is 1140 g/mol. The Morgan fingerprint density at radius 1 is 0.826 bits per heavy atom. The zero-order valence-corrected chi connectivity index (χ0v) is 51.0. The van der Waals surface area contributed by atoms with Crippen LogP contribution in [0.2, 0.25) is 0 Å². The van der Waals surface area contributed by atoms with Gasteiger partial charge in [-0.2, -0.15) is 13.2 Å². The summed E-state index contributed by atoms with van der Waals surface area (Å²) >= 11 is 2.77. The number of ether oxygens (including phenoxy) is 2. The highest BCUT2D eigenvalue weighted by Crippen LogP contribution is 2.40. The molecule has 1 saturated heterocycles. The third-order valence-corrected chi connectivity index (χ3v) is 18.0. The van der Waals surface area contributed by atoms with E-state index >= 15 is 0 Å². The van der Waals surface area contributed by atoms with Crippen molar-refractivity contribution in [2.24, 2.45) is 11.3 Å². The molecule has 16 nitrogen and oxygen atoms in total. The van der Waals surface area contributed by atoms with E-state index in [0.717, 1.165) is 47.9 Å². The monoisotopic (exact) mass is 1210 g/mol. The average molecular weight is 1210 g/mol. The van der Waals surface area contributed by atoms with E-state index in [1.165, 1.54) is 34.8 Å². The zero-order chi connectivity index (χ0) is 61.4. The van der Waals surface area contributed by atoms with Crippen LogP contribution in [-0.4, -0.2) is 104 Å². The molecule has 4 aromatic carbocycles. The molecule has 3 aliphatic rings. The number of thiazole rings is 2. The molecule has 0 radical (unpaired) electrons. The third-order valence-electron chi connectivity index (χ3n) is 16.1. The maximum absolute atomic E-state index is 14.7. The predicted molar refractivity (Wildman–Crippen MR) is 326 cm³/mol. The number of halogens is 3. The number of aromatic nitrogens is 3. The Kier molecular flexibility index (Phi) is 17.8. The van der Waals surface area contributed by atoms with E-state index in [2.05, 4.69) is 30.8 Å². The van der Waals surface area contributed by atoms with Gasteiger partial charge in [-0.05, 0) is 148 Å². The van der Waals surface area contributed by atoms with Crippen LogP contribution < -0.4 is 25.6 Å². The summed E-state index contributed by atoms with van der Waals surface area (Å²) in [5.74, 6) is -1.85. The van der Waals surface area contributed by atoms with Gasteiger partial charge in [-0.25, -0.2) is 19.7 Å². The molecule has 21 heteroatoms. The number of aliphatic hydroxyl groups is 1. The summed E-state index contributed by atoms with van der Waals surface area (Å²) in [6.07, 6.45) is -3.24. The minimum Gasteiger partial charge on any atom is -0.490 e. The van der Waals surface area contributed by atoms with Crippen molar-refractivity contribution in [3.63, 3.8) is 0 Å². The lowest BCUT2D eigenvalue weighted by atomic mass is 9.83. The molecule has 1 saturated carbocycles. The highest BCUT2D eigenvalue weighted by Gasteiger charge is 2.48. The Morgan fingerprint density at radius 3 is 2.24 bits per heavy atom. The SMILES string of the molecule is Cc1ncsc1-c1ccc([C@@H](NC(=O)[C@@H]2C[C@@H](O)CN2C(=O)C(NC(=O)CC2CCC(Oc3cccc(-c4ccc(N5CCc6cccc(C(=O)Nc7nc8ccccc8s7)c6C5)nc4C(=O)OC(C)(C)C)c3C)CC2)C(C)(C)C)C(F)(F)F)cc1. The summed E-state index contributed by atoms with van der Waals surface area (Å²) in [4.78, 5) is 88.0. The number of hydrogen-bond donors (Lipinski definition) is 4. The number of amides is 4. The number of carbonyl (C=O) groups is 5. The van der Waals surface area contributed by atoms with Crippen molar-refractivity contribution in [2.45, 2.75) is 149 Å². The van der Waals surface area contributed by atoms with Gasteiger partial charge in [0.2, 0.25) is 17.7 Å². The Hall–Kier alpha value is -7.75. The zero-order valence-electron chi connectivity index (χ0n) is 49.3. The number of alkyl halides is 3. The van der Waals surface area contributed by atoms with Gasteiger partial charge in [0, 0.05) is 43.6 Å². The first kappa shape index (κ1) is 61.3. The second-order valence-electron chi connectivity index (χ2n) is 24.7. The lowest BCUT2D eigenvalue weighted by Crippen LogP contribution is -2.58. The van der Waals surface area contributed by atoms with Crippen molar-refractivity contribution in [1.82, 2.24) is 30.5 Å². The van der Waals surface area contributed by atoms with Crippen LogP contribution in [0.3, 0.4) is 0 Å². The fourth-order valence-corrected chi connectivity index (χ4v) is 13.3. The number of nitrogens with zero attached hydrogens (tertiary/aromatic N) is 5. The maximum atomic E-state index is 14.7. The standard InChI is InChI=1S/C65H71F3N8O8S2/c1-36-44(45-27-28-52(71-54(45)61(82)84-64(6,7)8)75-30-29-39-13-11-15-46(47(39)34-75)58(79)74-62-70-48-16-9-10-18-51(48)86-62)14-12-17-50(36)83-43-25-19-38(20-26-43)31-53(78)72-57(63(3,4)5)60(81)76-33-42(77)32-49(76)59(80)73-56(65(66,67)68)41-23-21-40(22-24-41)55-37(2)69-35-85-55/h9-18,21-24,27-28,35,38,42-43,49,56-57,77H,19-20,25-26,29-34H2,1-8H3,(H,72,78)(H,73,80)(H,70,74,79)/t38?,42-,43?,49+,56-,57?/m1/s1. The lowest BCUT2D eigenvalue weighted by Gasteiger charge is -2.36. The van der Waals surface area contributed by atoms with Crippen molar-refractivity contribution >= 4 is 73.4 Å². The van der Waals surface area contributed by atoms with E-state index in [1.54, 1.807) is 66.1 Å². The lowest BCUT2D eigenvalue weighted by molar-refractivity contribution is -0.165. The molecule has 4 N–H and O–H groups in total. The first-order valence-corrected chi connectivity index (χ1v) is 30.7. The van der Waals surface area contributed by atoms with Crippen molar-refractivity contribution in [2.75, 3.05) is 23.3 Å². The maximum Gasteiger partial charge on any atom is 0.412 e. The van der Waals surface area contributed by atoms with Crippen LogP contribution in [0.15, 0.2) is 103 Å². The first-order chi connectivity index (χ1) is 40.8. The topological polar surface area (TPSA) is 205 Å². The summed E-state index contributed by atoms with van der Waals surface area (Å²) in [5.41, 5.74) is 6.67. The number of aliphatic hydroxyl groups excluding tert-OH is 1. The van der Waals surface area contributed by atoms with E-state index in [9.17, 15) is 42.3 Å². The number of fused-ring (bicyclic) bond motifs is 2. The molecule has 0 bridgehead atoms. The van der Waals surface area contributed by atoms with Crippen LogP contribution >= 0.6 is 22.7 Å². The predicted octanol–water partition coefficient (Wildman–Crippen LogP) is 12.1. The molecule has 7 aromatic rings. The highest BCUT2D eigenvalue weighted by atomic mass is 32.1. The van der Waals surface area contributed by atoms with Crippen LogP contribution in [0.25, 0.3) is 31.8 Å². The first-order valence-electron chi connectivity index (χ1n) is 29.0. The minimum atomic E-state index is -4.89. The molecule has 2 aliphatic heterocycles. The number of esters is 1. The van der Waals surface area contributed by atoms with Crippen LogP contribution in [-0.2, 0) is 32.1 Å². The van der Waals surface area contributed by atoms with Crippen LogP contribution in [0.1, 0.15) is 135 Å². The van der Waals surface area contributed by atoms with Crippen molar-refractivity contribution < 1.29 is 51.7 Å². The molecule has 4 atom stereocenters. The molecule has 1 aliphatic carbocycles. The fourth-order valence-electron chi connectivity index (χ4n) is 11.7. The molecule has 3 aromatic heterocycles. The molecule has 1 unspecified atom stereocenters. The third kappa shape index (κ3) is 13.9. The Bertz CT molecular complexity index is 3650. The number of pyridine rings is 1. The van der Waals surface area contributed by atoms with Gasteiger partial charge < -0.3 is 35.0 Å². The minimum absolute atomic E-state index is 0.0490. The fraction of sp³-hybridized carbons (Fsp3) is 0.415. The van der Waals surface area contributed by atoms with E-state index < -0.39 is 59.2 Å². The number of likely N-dealkylation sites (tertiary alicyclic amines) is 1. The second kappa shape index (κ2) is 24.9. The van der Waals surface area contributed by atoms with Gasteiger partial charge >= 0.3 is 12.1 Å².